The summed E-state index contributed by atoms with van der Waals surface area (Å²) >= 11 is 5.99. The molecule has 0 N–H and O–H groups in total. The van der Waals surface area contributed by atoms with E-state index in [2.05, 4.69) is 0 Å². The largest absolute Gasteiger partial charge is 0.339 e. The van der Waals surface area contributed by atoms with Crippen molar-refractivity contribution in [1.82, 2.24) is 9.80 Å². The molecule has 0 bridgehead atoms. The van der Waals surface area contributed by atoms with E-state index < -0.39 is 5.82 Å². The van der Waals surface area contributed by atoms with E-state index >= 15 is 0 Å². The van der Waals surface area contributed by atoms with Crippen LogP contribution in [0.25, 0.3) is 0 Å². The molecule has 1 heterocycles. The molecule has 31 heavy (non-hydrogen) atoms. The van der Waals surface area contributed by atoms with Gasteiger partial charge in [-0.1, -0.05) is 23.7 Å². The molecule has 0 aromatic heterocycles. The minimum Gasteiger partial charge on any atom is -0.339 e. The van der Waals surface area contributed by atoms with Crippen molar-refractivity contribution in [2.45, 2.75) is 32.1 Å². The van der Waals surface area contributed by atoms with Crippen LogP contribution in [0, 0.1) is 5.82 Å². The molecule has 1 fully saturated rings. The monoisotopic (exact) mass is 442 g/mol. The highest BCUT2D eigenvalue weighted by molar-refractivity contribution is 6.33. The quantitative estimate of drug-likeness (QED) is 0.659. The average Bonchev–Trinajstić information content (AvgIpc) is 3.25. The number of carbonyl (C=O) groups excluding carboxylic acids is 3. The lowest BCUT2D eigenvalue weighted by Crippen LogP contribution is -2.50. The summed E-state index contributed by atoms with van der Waals surface area (Å²) in [6, 6.07) is 9.56. The maximum Gasteiger partial charge on any atom is 0.255 e. The summed E-state index contributed by atoms with van der Waals surface area (Å²) in [7, 11) is 0. The van der Waals surface area contributed by atoms with Crippen LogP contribution in [0.1, 0.15) is 51.1 Å². The van der Waals surface area contributed by atoms with Gasteiger partial charge < -0.3 is 9.80 Å². The van der Waals surface area contributed by atoms with Crippen molar-refractivity contribution in [2.75, 3.05) is 26.2 Å². The second kappa shape index (κ2) is 9.18. The normalized spacial score (nSPS) is 15.7. The molecular weight excluding hydrogens is 419 g/mol. The molecule has 4 rings (SSSR count). The predicted molar refractivity (Wildman–Crippen MR) is 116 cm³/mol. The third-order valence-electron chi connectivity index (χ3n) is 6.07. The molecule has 1 aliphatic heterocycles. The van der Waals surface area contributed by atoms with E-state index in [1.54, 1.807) is 9.80 Å². The van der Waals surface area contributed by atoms with Gasteiger partial charge in [-0.25, -0.2) is 4.39 Å². The number of amides is 2. The first-order valence-corrected chi connectivity index (χ1v) is 11.0. The Morgan fingerprint density at radius 3 is 2.32 bits per heavy atom. The zero-order valence-electron chi connectivity index (χ0n) is 17.2. The number of carbonyl (C=O) groups is 3. The third-order valence-corrected chi connectivity index (χ3v) is 6.38. The Morgan fingerprint density at radius 2 is 1.58 bits per heavy atom. The van der Waals surface area contributed by atoms with Gasteiger partial charge in [0.2, 0.25) is 5.91 Å². The Hall–Kier alpha value is -2.73. The highest BCUT2D eigenvalue weighted by Crippen LogP contribution is 2.24. The lowest BCUT2D eigenvalue weighted by atomic mass is 10.0. The number of benzene rings is 2. The van der Waals surface area contributed by atoms with Gasteiger partial charge in [0.25, 0.3) is 5.91 Å². The van der Waals surface area contributed by atoms with Crippen molar-refractivity contribution in [3.8, 4) is 0 Å². The first-order chi connectivity index (χ1) is 14.9. The number of nitrogens with zero attached hydrogens (tertiary/aromatic N) is 2. The molecule has 2 aromatic rings. The fraction of sp³-hybridized carbons (Fsp3) is 0.375. The average molecular weight is 443 g/mol. The predicted octanol–water partition coefficient (Wildman–Crippen LogP) is 3.92. The van der Waals surface area contributed by atoms with E-state index in [0.29, 0.717) is 31.7 Å². The molecule has 2 aliphatic rings. The van der Waals surface area contributed by atoms with Crippen molar-refractivity contribution in [3.63, 3.8) is 0 Å². The summed E-state index contributed by atoms with van der Waals surface area (Å²) in [4.78, 5) is 41.0. The molecule has 162 valence electrons. The number of hydrogen-bond donors (Lipinski definition) is 0. The van der Waals surface area contributed by atoms with Gasteiger partial charge in [-0.2, -0.15) is 0 Å². The van der Waals surface area contributed by atoms with Crippen LogP contribution in [-0.4, -0.2) is 53.6 Å². The summed E-state index contributed by atoms with van der Waals surface area (Å²) in [5.74, 6) is -0.862. The molecule has 0 spiro atoms. The number of halogens is 2. The van der Waals surface area contributed by atoms with Crippen molar-refractivity contribution in [2.24, 2.45) is 0 Å². The van der Waals surface area contributed by atoms with E-state index in [9.17, 15) is 18.8 Å². The van der Waals surface area contributed by atoms with Crippen LogP contribution >= 0.6 is 11.6 Å². The van der Waals surface area contributed by atoms with Crippen molar-refractivity contribution < 1.29 is 18.8 Å². The van der Waals surface area contributed by atoms with E-state index in [1.165, 1.54) is 23.3 Å². The fourth-order valence-corrected chi connectivity index (χ4v) is 4.51. The Labute approximate surface area is 185 Å². The van der Waals surface area contributed by atoms with Crippen molar-refractivity contribution in [1.29, 1.82) is 0 Å². The number of fused-ring (bicyclic) bond motifs is 1. The summed E-state index contributed by atoms with van der Waals surface area (Å²) in [6.45, 7) is 1.54. The molecular formula is C24H24ClFN2O3. The molecule has 1 saturated heterocycles. The topological polar surface area (TPSA) is 57.7 Å². The zero-order valence-corrected chi connectivity index (χ0v) is 18.0. The van der Waals surface area contributed by atoms with Crippen molar-refractivity contribution >= 4 is 29.2 Å². The molecule has 0 unspecified atom stereocenters. The van der Waals surface area contributed by atoms with Gasteiger partial charge in [-0.15, -0.1) is 0 Å². The van der Waals surface area contributed by atoms with Gasteiger partial charge in [0.15, 0.2) is 5.78 Å². The SMILES string of the molecule is O=C(CCC(=O)N1CCN(C(=O)c2ccc(F)cc2Cl)CC1)c1ccc2c(c1)CCC2. The maximum absolute atomic E-state index is 13.2. The molecule has 0 atom stereocenters. The summed E-state index contributed by atoms with van der Waals surface area (Å²) in [5, 5.41) is 0.0774. The van der Waals surface area contributed by atoms with Crippen LogP contribution in [0.15, 0.2) is 36.4 Å². The molecule has 0 radical (unpaired) electrons. The first-order valence-electron chi connectivity index (χ1n) is 10.6. The molecule has 1 aliphatic carbocycles. The number of piperazine rings is 1. The lowest BCUT2D eigenvalue weighted by molar-refractivity contribution is -0.132. The smallest absolute Gasteiger partial charge is 0.255 e. The summed E-state index contributed by atoms with van der Waals surface area (Å²) < 4.78 is 13.2. The molecule has 0 saturated carbocycles. The second-order valence-corrected chi connectivity index (χ2v) is 8.46. The molecule has 2 amide bonds. The van der Waals surface area contributed by atoms with Crippen LogP contribution in [0.2, 0.25) is 5.02 Å². The van der Waals surface area contributed by atoms with Crippen molar-refractivity contribution in [3.05, 3.63) is 69.5 Å². The standard InChI is InChI=1S/C24H24ClFN2O3/c25-21-15-19(26)6-7-20(21)24(31)28-12-10-27(11-13-28)23(30)9-8-22(29)18-5-4-16-2-1-3-17(16)14-18/h4-7,14-15H,1-3,8-13H2. The number of ketones is 1. The van der Waals surface area contributed by atoms with Gasteiger partial charge in [-0.3, -0.25) is 14.4 Å². The van der Waals surface area contributed by atoms with Gasteiger partial charge in [0.1, 0.15) is 5.82 Å². The minimum absolute atomic E-state index is 0.0113. The zero-order chi connectivity index (χ0) is 22.0. The highest BCUT2D eigenvalue weighted by atomic mass is 35.5. The third kappa shape index (κ3) is 4.79. The van der Waals surface area contributed by atoms with E-state index in [0.717, 1.165) is 25.3 Å². The second-order valence-electron chi connectivity index (χ2n) is 8.06. The van der Waals surface area contributed by atoms with Gasteiger partial charge >= 0.3 is 0 Å². The Morgan fingerprint density at radius 1 is 0.871 bits per heavy atom. The number of hydrogen-bond acceptors (Lipinski definition) is 3. The number of rotatable bonds is 5. The van der Waals surface area contributed by atoms with E-state index in [-0.39, 0.29) is 41.0 Å². The van der Waals surface area contributed by atoms with Gasteiger partial charge in [0.05, 0.1) is 10.6 Å². The number of Topliss-reactive ketones (excluding diaryl/α,β-unsaturated/α-hetero) is 1. The van der Waals surface area contributed by atoms with Crippen LogP contribution in [-0.2, 0) is 17.6 Å². The van der Waals surface area contributed by atoms with Gasteiger partial charge in [-0.05, 0) is 54.7 Å². The lowest BCUT2D eigenvalue weighted by Gasteiger charge is -2.35. The maximum atomic E-state index is 13.2. The van der Waals surface area contributed by atoms with Crippen LogP contribution in [0.5, 0.6) is 0 Å². The number of aryl methyl sites for hydroxylation is 2. The van der Waals surface area contributed by atoms with Crippen LogP contribution in [0.3, 0.4) is 0 Å². The summed E-state index contributed by atoms with van der Waals surface area (Å²) in [5.41, 5.74) is 3.50. The fourth-order valence-electron chi connectivity index (χ4n) is 4.26. The highest BCUT2D eigenvalue weighted by Gasteiger charge is 2.26. The van der Waals surface area contributed by atoms with Gasteiger partial charge in [0, 0.05) is 44.6 Å². The summed E-state index contributed by atoms with van der Waals surface area (Å²) in [6.07, 6.45) is 3.56. The van der Waals surface area contributed by atoms with Crippen LogP contribution < -0.4 is 0 Å². The Balaban J connectivity index is 1.27. The van der Waals surface area contributed by atoms with Crippen LogP contribution in [0.4, 0.5) is 4.39 Å². The van der Waals surface area contributed by atoms with E-state index in [1.807, 2.05) is 18.2 Å². The molecule has 5 nitrogen and oxygen atoms in total. The molecule has 7 heteroatoms. The Kier molecular flexibility index (Phi) is 6.37. The first kappa shape index (κ1) is 21.5. The van der Waals surface area contributed by atoms with E-state index in [4.69, 9.17) is 11.6 Å². The molecule has 2 aromatic carbocycles. The minimum atomic E-state index is -0.494. The Bertz CT molecular complexity index is 1030.